The molecule has 8 nitrogen and oxygen atoms in total. The van der Waals surface area contributed by atoms with E-state index in [4.69, 9.17) is 0 Å². The van der Waals surface area contributed by atoms with Crippen molar-refractivity contribution >= 4 is 17.8 Å². The van der Waals surface area contributed by atoms with Crippen LogP contribution in [0.25, 0.3) is 5.69 Å². The molecule has 0 unspecified atom stereocenters. The maximum absolute atomic E-state index is 13.8. The fourth-order valence-corrected chi connectivity index (χ4v) is 3.75. The summed E-state index contributed by atoms with van der Waals surface area (Å²) in [6, 6.07) is 8.09. The first kappa shape index (κ1) is 22.3. The van der Waals surface area contributed by atoms with E-state index in [2.05, 4.69) is 16.7 Å². The zero-order valence-electron chi connectivity index (χ0n) is 18.0. The first-order chi connectivity index (χ1) is 14.8. The summed E-state index contributed by atoms with van der Waals surface area (Å²) >= 11 is 0. The molecule has 3 rings (SSSR count). The van der Waals surface area contributed by atoms with Gasteiger partial charge in [-0.15, -0.1) is 0 Å². The zero-order valence-corrected chi connectivity index (χ0v) is 18.0. The standard InChI is InChI=1S/C22H27FN6O2/c1-4-25-22(31)28-10-8-27(9-11-28)14-20(30)26-21-19(13-24)15(2)16(3)29(21)18-7-5-6-17(23)12-18/h5-7,12H,4,8-11,14H2,1-3H3,(H,25,31)(H,26,30). The van der Waals surface area contributed by atoms with E-state index in [1.807, 2.05) is 18.7 Å². The molecule has 164 valence electrons. The Hall–Kier alpha value is -3.38. The molecular formula is C22H27FN6O2. The van der Waals surface area contributed by atoms with Gasteiger partial charge in [0.05, 0.1) is 17.8 Å². The summed E-state index contributed by atoms with van der Waals surface area (Å²) in [5.41, 5.74) is 2.38. The Bertz CT molecular complexity index is 1020. The van der Waals surface area contributed by atoms with E-state index in [9.17, 15) is 19.2 Å². The van der Waals surface area contributed by atoms with E-state index in [-0.39, 0.29) is 18.5 Å². The molecule has 31 heavy (non-hydrogen) atoms. The van der Waals surface area contributed by atoms with Crippen molar-refractivity contribution in [2.24, 2.45) is 0 Å². The summed E-state index contributed by atoms with van der Waals surface area (Å²) in [6.45, 7) is 8.47. The molecule has 0 atom stereocenters. The maximum Gasteiger partial charge on any atom is 0.317 e. The lowest BCUT2D eigenvalue weighted by Crippen LogP contribution is -2.53. The van der Waals surface area contributed by atoms with E-state index in [1.54, 1.807) is 28.5 Å². The Kier molecular flexibility index (Phi) is 6.92. The van der Waals surface area contributed by atoms with Crippen LogP contribution in [0.15, 0.2) is 24.3 Å². The van der Waals surface area contributed by atoms with Crippen LogP contribution in [0, 0.1) is 31.0 Å². The summed E-state index contributed by atoms with van der Waals surface area (Å²) < 4.78 is 15.5. The number of rotatable bonds is 5. The van der Waals surface area contributed by atoms with E-state index in [0.29, 0.717) is 49.8 Å². The number of anilines is 1. The van der Waals surface area contributed by atoms with Crippen molar-refractivity contribution in [2.75, 3.05) is 44.6 Å². The van der Waals surface area contributed by atoms with Gasteiger partial charge in [0, 0.05) is 38.4 Å². The van der Waals surface area contributed by atoms with Gasteiger partial charge in [-0.2, -0.15) is 5.26 Å². The summed E-state index contributed by atoms with van der Waals surface area (Å²) in [5, 5.41) is 15.3. The number of halogens is 1. The molecule has 0 aliphatic carbocycles. The van der Waals surface area contributed by atoms with E-state index in [1.165, 1.54) is 12.1 Å². The topological polar surface area (TPSA) is 93.4 Å². The molecule has 1 aromatic carbocycles. The fourth-order valence-electron chi connectivity index (χ4n) is 3.75. The van der Waals surface area contributed by atoms with Crippen LogP contribution in [0.3, 0.4) is 0 Å². The molecule has 0 spiro atoms. The molecule has 3 amide bonds. The first-order valence-corrected chi connectivity index (χ1v) is 10.3. The van der Waals surface area contributed by atoms with Gasteiger partial charge in [-0.05, 0) is 44.5 Å². The third-order valence-corrected chi connectivity index (χ3v) is 5.50. The Labute approximate surface area is 181 Å². The van der Waals surface area contributed by atoms with Crippen LogP contribution in [0.1, 0.15) is 23.7 Å². The van der Waals surface area contributed by atoms with Crippen molar-refractivity contribution in [3.63, 3.8) is 0 Å². The van der Waals surface area contributed by atoms with E-state index < -0.39 is 5.82 Å². The minimum atomic E-state index is -0.399. The third kappa shape index (κ3) is 4.86. The second-order valence-electron chi connectivity index (χ2n) is 7.51. The third-order valence-electron chi connectivity index (χ3n) is 5.50. The van der Waals surface area contributed by atoms with Gasteiger partial charge in [0.15, 0.2) is 0 Å². The predicted octanol–water partition coefficient (Wildman–Crippen LogP) is 2.39. The van der Waals surface area contributed by atoms with Crippen molar-refractivity contribution in [3.8, 4) is 11.8 Å². The van der Waals surface area contributed by atoms with Gasteiger partial charge in [0.2, 0.25) is 5.91 Å². The van der Waals surface area contributed by atoms with Crippen LogP contribution in [0.4, 0.5) is 15.0 Å². The van der Waals surface area contributed by atoms with Crippen molar-refractivity contribution in [2.45, 2.75) is 20.8 Å². The number of carbonyl (C=O) groups is 2. The van der Waals surface area contributed by atoms with Gasteiger partial charge in [-0.25, -0.2) is 9.18 Å². The molecule has 2 N–H and O–H groups in total. The summed E-state index contributed by atoms with van der Waals surface area (Å²) in [5.74, 6) is -0.323. The number of amides is 3. The predicted molar refractivity (Wildman–Crippen MR) is 116 cm³/mol. The average Bonchev–Trinajstić information content (AvgIpc) is 2.97. The quantitative estimate of drug-likeness (QED) is 0.768. The monoisotopic (exact) mass is 426 g/mol. The Morgan fingerprint density at radius 1 is 1.19 bits per heavy atom. The Morgan fingerprint density at radius 2 is 1.90 bits per heavy atom. The summed E-state index contributed by atoms with van der Waals surface area (Å²) in [6.07, 6.45) is 0. The van der Waals surface area contributed by atoms with Crippen molar-refractivity contribution in [1.29, 1.82) is 5.26 Å². The lowest BCUT2D eigenvalue weighted by molar-refractivity contribution is -0.117. The summed E-state index contributed by atoms with van der Waals surface area (Å²) in [7, 11) is 0. The maximum atomic E-state index is 13.8. The minimum absolute atomic E-state index is 0.0934. The molecule has 2 heterocycles. The highest BCUT2D eigenvalue weighted by atomic mass is 19.1. The molecule has 1 fully saturated rings. The second kappa shape index (κ2) is 9.62. The molecule has 1 saturated heterocycles. The number of nitrogens with one attached hydrogen (secondary N) is 2. The largest absolute Gasteiger partial charge is 0.338 e. The average molecular weight is 426 g/mol. The van der Waals surface area contributed by atoms with Gasteiger partial charge in [-0.3, -0.25) is 14.3 Å². The van der Waals surface area contributed by atoms with Crippen LogP contribution in [0.2, 0.25) is 0 Å². The fraction of sp³-hybridized carbons (Fsp3) is 0.409. The highest BCUT2D eigenvalue weighted by molar-refractivity contribution is 5.93. The van der Waals surface area contributed by atoms with Crippen LogP contribution >= 0.6 is 0 Å². The zero-order chi connectivity index (χ0) is 22.5. The SMILES string of the molecule is CCNC(=O)N1CCN(CC(=O)Nc2c(C#N)c(C)c(C)n2-c2cccc(F)c2)CC1. The molecule has 9 heteroatoms. The molecule has 1 aliphatic rings. The van der Waals surface area contributed by atoms with Crippen LogP contribution in [0.5, 0.6) is 0 Å². The Morgan fingerprint density at radius 3 is 2.52 bits per heavy atom. The number of carbonyl (C=O) groups excluding carboxylic acids is 2. The first-order valence-electron chi connectivity index (χ1n) is 10.3. The van der Waals surface area contributed by atoms with E-state index >= 15 is 0 Å². The smallest absolute Gasteiger partial charge is 0.317 e. The van der Waals surface area contributed by atoms with Crippen molar-refractivity contribution < 1.29 is 14.0 Å². The number of benzene rings is 1. The number of nitrogens with zero attached hydrogens (tertiary/aromatic N) is 4. The van der Waals surface area contributed by atoms with Crippen molar-refractivity contribution in [1.82, 2.24) is 19.7 Å². The number of hydrogen-bond acceptors (Lipinski definition) is 4. The van der Waals surface area contributed by atoms with Gasteiger partial charge < -0.3 is 15.5 Å². The van der Waals surface area contributed by atoms with Crippen molar-refractivity contribution in [3.05, 3.63) is 46.9 Å². The molecule has 2 aromatic rings. The van der Waals surface area contributed by atoms with Gasteiger partial charge in [-0.1, -0.05) is 6.07 Å². The van der Waals surface area contributed by atoms with Gasteiger partial charge in [0.25, 0.3) is 0 Å². The van der Waals surface area contributed by atoms with Crippen LogP contribution < -0.4 is 10.6 Å². The highest BCUT2D eigenvalue weighted by Gasteiger charge is 2.24. The lowest BCUT2D eigenvalue weighted by atomic mass is 10.2. The Balaban J connectivity index is 1.74. The van der Waals surface area contributed by atoms with Gasteiger partial charge in [0.1, 0.15) is 17.7 Å². The molecule has 0 saturated carbocycles. The number of aromatic nitrogens is 1. The summed E-state index contributed by atoms with van der Waals surface area (Å²) in [4.78, 5) is 28.4. The van der Waals surface area contributed by atoms with Crippen LogP contribution in [-0.2, 0) is 4.79 Å². The number of piperazine rings is 1. The molecule has 1 aliphatic heterocycles. The van der Waals surface area contributed by atoms with E-state index in [0.717, 1.165) is 11.3 Å². The molecule has 0 bridgehead atoms. The van der Waals surface area contributed by atoms with Crippen LogP contribution in [-0.4, -0.2) is 65.6 Å². The number of urea groups is 1. The lowest BCUT2D eigenvalue weighted by Gasteiger charge is -2.34. The number of nitriles is 1. The highest BCUT2D eigenvalue weighted by Crippen LogP contribution is 2.30. The number of hydrogen-bond donors (Lipinski definition) is 2. The molecular weight excluding hydrogens is 399 g/mol. The second-order valence-corrected chi connectivity index (χ2v) is 7.51. The normalized spacial score (nSPS) is 14.2. The molecule has 1 aromatic heterocycles. The minimum Gasteiger partial charge on any atom is -0.338 e. The van der Waals surface area contributed by atoms with Gasteiger partial charge >= 0.3 is 6.03 Å². The molecule has 0 radical (unpaired) electrons.